The maximum Gasteiger partial charge on any atom is 0.511 e. The fraction of sp³-hybridized carbons (Fsp3) is 0.381. The predicted octanol–water partition coefficient (Wildman–Crippen LogP) is 4.19. The van der Waals surface area contributed by atoms with Gasteiger partial charge in [-0.3, -0.25) is 9.59 Å². The van der Waals surface area contributed by atoms with Gasteiger partial charge in [-0.2, -0.15) is 0 Å². The van der Waals surface area contributed by atoms with Gasteiger partial charge in [0.1, 0.15) is 43.7 Å². The van der Waals surface area contributed by atoms with Crippen LogP contribution in [0.5, 0.6) is 0 Å². The quantitative estimate of drug-likeness (QED) is 0.0763. The summed E-state index contributed by atoms with van der Waals surface area (Å²) in [7, 11) is -3.68. The SMILES string of the molecule is CC(OC(=O)OCC(COC(=O)[C@@H](C)O)COC(=O)[C@@H](C)O)OC(=O)[C@H](Cc1cccc(S(C)(=O)=O)c1)NC(=O)c1c(Cl)cc2c(c1Cl)CCN(C(=O)c1ccc3ccoc3c1)C2. The van der Waals surface area contributed by atoms with Gasteiger partial charge in [-0.15, -0.1) is 0 Å². The zero-order chi connectivity index (χ0) is 46.2. The van der Waals surface area contributed by atoms with Crippen molar-refractivity contribution in [3.8, 4) is 0 Å². The van der Waals surface area contributed by atoms with Crippen LogP contribution >= 0.6 is 23.2 Å². The molecular weight excluding hydrogens is 891 g/mol. The Balaban J connectivity index is 1.29. The Bertz CT molecular complexity index is 2460. The summed E-state index contributed by atoms with van der Waals surface area (Å²) in [5.41, 5.74) is 2.25. The summed E-state index contributed by atoms with van der Waals surface area (Å²) in [4.78, 5) is 78.8. The Morgan fingerprint density at radius 3 is 2.17 bits per heavy atom. The number of sulfone groups is 1. The number of furan rings is 1. The van der Waals surface area contributed by atoms with Crippen molar-refractivity contribution in [2.45, 2.75) is 69.6 Å². The van der Waals surface area contributed by atoms with Crippen molar-refractivity contribution in [2.75, 3.05) is 32.6 Å². The van der Waals surface area contributed by atoms with E-state index in [2.05, 4.69) is 5.32 Å². The summed E-state index contributed by atoms with van der Waals surface area (Å²) in [5, 5.41) is 22.1. The second kappa shape index (κ2) is 21.1. The van der Waals surface area contributed by atoms with Gasteiger partial charge in [0.25, 0.3) is 11.8 Å². The maximum absolute atomic E-state index is 14.0. The summed E-state index contributed by atoms with van der Waals surface area (Å²) < 4.78 is 55.4. The summed E-state index contributed by atoms with van der Waals surface area (Å²) in [6, 6.07) is 12.5. The number of hydrogen-bond acceptors (Lipinski definition) is 16. The van der Waals surface area contributed by atoms with Gasteiger partial charge in [-0.1, -0.05) is 41.4 Å². The van der Waals surface area contributed by atoms with Crippen molar-refractivity contribution in [2.24, 2.45) is 5.92 Å². The molecule has 3 N–H and O–H groups in total. The van der Waals surface area contributed by atoms with Crippen molar-refractivity contribution in [3.63, 3.8) is 0 Å². The molecule has 0 saturated carbocycles. The molecule has 3 aromatic carbocycles. The van der Waals surface area contributed by atoms with Gasteiger partial charge in [0.2, 0.25) is 6.29 Å². The number of esters is 3. The number of rotatable bonds is 17. The van der Waals surface area contributed by atoms with E-state index in [4.69, 9.17) is 51.3 Å². The van der Waals surface area contributed by atoms with Crippen molar-refractivity contribution in [1.82, 2.24) is 10.2 Å². The number of benzene rings is 3. The first-order valence-electron chi connectivity index (χ1n) is 19.3. The van der Waals surface area contributed by atoms with E-state index in [-0.39, 0.29) is 52.3 Å². The molecule has 63 heavy (non-hydrogen) atoms. The number of carbonyl (C=O) groups excluding carboxylic acids is 6. The van der Waals surface area contributed by atoms with Crippen molar-refractivity contribution in [1.29, 1.82) is 0 Å². The number of nitrogens with zero attached hydrogens (tertiary/aromatic N) is 1. The van der Waals surface area contributed by atoms with Crippen LogP contribution in [0.3, 0.4) is 0 Å². The van der Waals surface area contributed by atoms with Gasteiger partial charge < -0.3 is 48.5 Å². The molecule has 1 aromatic heterocycles. The van der Waals surface area contributed by atoms with Gasteiger partial charge in [-0.05, 0) is 73.4 Å². The third-order valence-corrected chi connectivity index (χ3v) is 11.4. The standard InChI is InChI=1S/C42H44Cl2N2O16S/c1-22(47)39(51)58-19-26(20-59-40(52)23(2)48)21-60-42(54)62-24(3)61-41(53)33(15-25-6-5-7-30(14-25)63(4,55)56)45-37(49)35-32(43)16-29-18-46(12-10-31(29)36(35)44)38(50)28-9-8-27-11-13-57-34(27)17-28/h5-9,11,13-14,16-17,22-24,26,33,47-48H,10,12,15,18-21H2,1-4H3,(H,45,49)/t22-,23-,24?,33+/m1/s1. The van der Waals surface area contributed by atoms with E-state index in [9.17, 15) is 47.4 Å². The molecular formula is C42H44Cl2N2O16S. The number of hydrogen-bond donors (Lipinski definition) is 3. The predicted molar refractivity (Wildman–Crippen MR) is 222 cm³/mol. The molecule has 0 aliphatic carbocycles. The lowest BCUT2D eigenvalue weighted by Gasteiger charge is -2.30. The largest absolute Gasteiger partial charge is 0.511 e. The van der Waals surface area contributed by atoms with Crippen LogP contribution in [0.2, 0.25) is 10.0 Å². The number of carbonyl (C=O) groups is 6. The molecule has 0 saturated heterocycles. The van der Waals surface area contributed by atoms with Gasteiger partial charge in [0, 0.05) is 43.6 Å². The Labute approximate surface area is 371 Å². The van der Waals surface area contributed by atoms with E-state index in [1.54, 1.807) is 29.2 Å². The first-order chi connectivity index (χ1) is 29.7. The van der Waals surface area contributed by atoms with Crippen LogP contribution in [0.4, 0.5) is 4.79 Å². The molecule has 0 radical (unpaired) electrons. The third-order valence-electron chi connectivity index (χ3n) is 9.56. The van der Waals surface area contributed by atoms with E-state index >= 15 is 0 Å². The minimum absolute atomic E-state index is 0.00989. The van der Waals surface area contributed by atoms with E-state index in [0.717, 1.165) is 32.4 Å². The van der Waals surface area contributed by atoms with Crippen LogP contribution in [0.15, 0.2) is 70.2 Å². The Morgan fingerprint density at radius 1 is 0.857 bits per heavy atom. The summed E-state index contributed by atoms with van der Waals surface area (Å²) in [6.45, 7) is 2.35. The molecule has 338 valence electrons. The van der Waals surface area contributed by atoms with E-state index in [1.165, 1.54) is 36.6 Å². The van der Waals surface area contributed by atoms with E-state index < -0.39 is 90.1 Å². The molecule has 0 fully saturated rings. The molecule has 5 rings (SSSR count). The number of halogens is 2. The van der Waals surface area contributed by atoms with E-state index in [1.807, 2.05) is 0 Å². The zero-order valence-electron chi connectivity index (χ0n) is 34.3. The number of fused-ring (bicyclic) bond motifs is 2. The second-order valence-electron chi connectivity index (χ2n) is 14.6. The molecule has 21 heteroatoms. The molecule has 1 unspecified atom stereocenters. The smallest absolute Gasteiger partial charge is 0.464 e. The third kappa shape index (κ3) is 12.9. The lowest BCUT2D eigenvalue weighted by atomic mass is 9.95. The summed E-state index contributed by atoms with van der Waals surface area (Å²) in [5.74, 6) is -5.27. The second-order valence-corrected chi connectivity index (χ2v) is 17.4. The highest BCUT2D eigenvalue weighted by atomic mass is 35.5. The van der Waals surface area contributed by atoms with Crippen LogP contribution in [-0.2, 0) is 67.3 Å². The van der Waals surface area contributed by atoms with Crippen molar-refractivity contribution < 1.29 is 75.5 Å². The average Bonchev–Trinajstić information content (AvgIpc) is 3.70. The number of amides is 2. The lowest BCUT2D eigenvalue weighted by Crippen LogP contribution is -2.45. The van der Waals surface area contributed by atoms with Gasteiger partial charge in [0.05, 0.1) is 32.7 Å². The molecule has 4 aromatic rings. The first-order valence-corrected chi connectivity index (χ1v) is 22.0. The van der Waals surface area contributed by atoms with Gasteiger partial charge >= 0.3 is 24.1 Å². The molecule has 1 aliphatic rings. The van der Waals surface area contributed by atoms with E-state index in [0.29, 0.717) is 27.8 Å². The van der Waals surface area contributed by atoms with Gasteiger partial charge in [-0.25, -0.2) is 27.6 Å². The summed E-state index contributed by atoms with van der Waals surface area (Å²) >= 11 is 13.5. The number of aliphatic hydroxyl groups is 2. The Morgan fingerprint density at radius 2 is 1.52 bits per heavy atom. The number of nitrogens with one attached hydrogen (secondary N) is 1. The summed E-state index contributed by atoms with van der Waals surface area (Å²) in [6.07, 6.45) is -3.50. The molecule has 0 spiro atoms. The molecule has 2 heterocycles. The monoisotopic (exact) mass is 934 g/mol. The minimum atomic E-state index is -3.68. The number of aliphatic hydroxyl groups excluding tert-OH is 2. The molecule has 18 nitrogen and oxygen atoms in total. The normalized spacial score (nSPS) is 14.5. The topological polar surface area (TPSA) is 252 Å². The molecule has 1 aliphatic heterocycles. The average molecular weight is 936 g/mol. The highest BCUT2D eigenvalue weighted by Gasteiger charge is 2.32. The minimum Gasteiger partial charge on any atom is -0.464 e. The lowest BCUT2D eigenvalue weighted by molar-refractivity contribution is -0.170. The first kappa shape index (κ1) is 48.3. The fourth-order valence-electron chi connectivity index (χ4n) is 6.28. The van der Waals surface area contributed by atoms with Crippen LogP contribution in [0.1, 0.15) is 58.2 Å². The number of ether oxygens (including phenoxy) is 5. The maximum atomic E-state index is 14.0. The van der Waals surface area contributed by atoms with Gasteiger partial charge in [0.15, 0.2) is 9.84 Å². The highest BCUT2D eigenvalue weighted by molar-refractivity contribution is 7.90. The zero-order valence-corrected chi connectivity index (χ0v) is 36.7. The Hall–Kier alpha value is -5.73. The highest BCUT2D eigenvalue weighted by Crippen LogP contribution is 2.35. The van der Waals surface area contributed by atoms with Crippen LogP contribution in [0.25, 0.3) is 11.0 Å². The molecule has 2 amide bonds. The van der Waals surface area contributed by atoms with Crippen molar-refractivity contribution >= 4 is 79.9 Å². The van der Waals surface area contributed by atoms with Crippen LogP contribution < -0.4 is 5.32 Å². The fourth-order valence-corrected chi connectivity index (χ4v) is 7.73. The Kier molecular flexibility index (Phi) is 16.2. The molecule has 4 atom stereocenters. The van der Waals surface area contributed by atoms with Crippen LogP contribution in [-0.4, -0.2) is 117 Å². The van der Waals surface area contributed by atoms with Crippen LogP contribution in [0, 0.1) is 5.92 Å². The van der Waals surface area contributed by atoms with Crippen molar-refractivity contribution in [3.05, 3.63) is 98.7 Å². The molecule has 0 bridgehead atoms.